The van der Waals surface area contributed by atoms with Crippen LogP contribution in [-0.4, -0.2) is 57.8 Å². The molecule has 0 radical (unpaired) electrons. The lowest BCUT2D eigenvalue weighted by Gasteiger charge is -2.40. The number of aromatic amines is 1. The van der Waals surface area contributed by atoms with Gasteiger partial charge in [-0.05, 0) is 66.9 Å². The summed E-state index contributed by atoms with van der Waals surface area (Å²) < 4.78 is 84.6. The maximum Gasteiger partial charge on any atom is 0.310 e. The molecular formula is C28H23F6N5O4S. The van der Waals surface area contributed by atoms with Crippen molar-refractivity contribution in [1.29, 1.82) is 0 Å². The fourth-order valence-corrected chi connectivity index (χ4v) is 5.43. The van der Waals surface area contributed by atoms with E-state index in [-0.39, 0.29) is 42.4 Å². The summed E-state index contributed by atoms with van der Waals surface area (Å²) in [5, 5.41) is 2.95. The third-order valence-electron chi connectivity index (χ3n) is 7.05. The normalized spacial score (nSPS) is 15.2. The number of amides is 2. The van der Waals surface area contributed by atoms with E-state index >= 15 is 0 Å². The zero-order valence-corrected chi connectivity index (χ0v) is 23.6. The van der Waals surface area contributed by atoms with Gasteiger partial charge in [-0.2, -0.15) is 0 Å². The predicted molar refractivity (Wildman–Crippen MR) is 151 cm³/mol. The van der Waals surface area contributed by atoms with Gasteiger partial charge in [-0.1, -0.05) is 25.5 Å². The summed E-state index contributed by atoms with van der Waals surface area (Å²) in [7, 11) is -9.92. The number of benzene rings is 2. The number of ether oxygens (including phenoxy) is 1. The highest BCUT2D eigenvalue weighted by molar-refractivity contribution is 8.45. The van der Waals surface area contributed by atoms with Gasteiger partial charge in [-0.15, -0.1) is 0 Å². The van der Waals surface area contributed by atoms with Gasteiger partial charge in [0.2, 0.25) is 0 Å². The van der Waals surface area contributed by atoms with Crippen LogP contribution in [0.5, 0.6) is 0 Å². The highest BCUT2D eigenvalue weighted by Gasteiger charge is 2.65. The van der Waals surface area contributed by atoms with Gasteiger partial charge in [0.25, 0.3) is 18.3 Å². The summed E-state index contributed by atoms with van der Waals surface area (Å²) in [6.45, 7) is 2.11. The smallest absolute Gasteiger partial charge is 0.310 e. The molecule has 2 aromatic heterocycles. The summed E-state index contributed by atoms with van der Waals surface area (Å²) in [5.41, 5.74) is 2.63. The molecule has 0 aliphatic carbocycles. The van der Waals surface area contributed by atoms with E-state index in [1.54, 1.807) is 13.0 Å². The molecule has 232 valence electrons. The van der Waals surface area contributed by atoms with E-state index in [4.69, 9.17) is 0 Å². The molecule has 16 heteroatoms. The van der Waals surface area contributed by atoms with Gasteiger partial charge in [-0.3, -0.25) is 14.4 Å². The second-order valence-corrected chi connectivity index (χ2v) is 12.4. The molecule has 0 saturated carbocycles. The van der Waals surface area contributed by atoms with Crippen molar-refractivity contribution < 1.29 is 42.9 Å². The van der Waals surface area contributed by atoms with Crippen molar-refractivity contribution in [3.8, 4) is 11.3 Å². The molecule has 0 fully saturated rings. The van der Waals surface area contributed by atoms with Crippen molar-refractivity contribution >= 4 is 50.8 Å². The Labute approximate surface area is 245 Å². The average Bonchev–Trinajstić information content (AvgIpc) is 3.41. The van der Waals surface area contributed by atoms with E-state index in [1.165, 1.54) is 17.3 Å². The maximum atomic E-state index is 14.8. The lowest BCUT2D eigenvalue weighted by Crippen LogP contribution is -2.37. The van der Waals surface area contributed by atoms with E-state index in [1.807, 2.05) is 6.08 Å². The minimum Gasteiger partial charge on any atom is -0.458 e. The van der Waals surface area contributed by atoms with Gasteiger partial charge in [0.05, 0.1) is 5.69 Å². The molecule has 0 saturated heterocycles. The standard InChI is InChI=1S/C28H23F6N5O4S/c1-16-21(10-19(29)11-23(16)38-28(42)18-2-4-20(5-3-18)44(30,31,32,33)34)26-22-12-24(37-27(22)36-14-35-26)17-6-8-39(9-7-17)25(41)13-43-15-40/h2-6,10-12,14-15H,7-9,13H2,1H3,(H,38,42)(H,35,36,37). The first-order chi connectivity index (χ1) is 20.5. The fraction of sp³-hybridized carbons (Fsp3) is 0.179. The topological polar surface area (TPSA) is 117 Å². The zero-order valence-electron chi connectivity index (χ0n) is 22.8. The van der Waals surface area contributed by atoms with Gasteiger partial charge in [0.1, 0.15) is 22.7 Å². The molecule has 2 amide bonds. The maximum absolute atomic E-state index is 14.8. The quantitative estimate of drug-likeness (QED) is 0.162. The van der Waals surface area contributed by atoms with Gasteiger partial charge in [0.15, 0.2) is 6.61 Å². The van der Waals surface area contributed by atoms with Crippen LogP contribution in [0.25, 0.3) is 27.9 Å². The van der Waals surface area contributed by atoms with Crippen molar-refractivity contribution in [3.63, 3.8) is 0 Å². The molecule has 5 rings (SSSR count). The number of nitrogens with one attached hydrogen (secondary N) is 2. The van der Waals surface area contributed by atoms with Gasteiger partial charge in [-0.25, -0.2) is 14.4 Å². The zero-order chi connectivity index (χ0) is 31.9. The van der Waals surface area contributed by atoms with Crippen LogP contribution in [0.2, 0.25) is 0 Å². The number of fused-ring (bicyclic) bond motifs is 1. The Morgan fingerprint density at radius 2 is 1.82 bits per heavy atom. The van der Waals surface area contributed by atoms with Gasteiger partial charge in [0, 0.05) is 41.0 Å². The molecule has 0 spiro atoms. The Morgan fingerprint density at radius 1 is 1.09 bits per heavy atom. The third-order valence-corrected chi connectivity index (χ3v) is 8.21. The van der Waals surface area contributed by atoms with Crippen LogP contribution < -0.4 is 5.32 Å². The van der Waals surface area contributed by atoms with Crippen molar-refractivity contribution in [1.82, 2.24) is 19.9 Å². The second kappa shape index (κ2) is 10.4. The van der Waals surface area contributed by atoms with Gasteiger partial charge < -0.3 is 19.9 Å². The van der Waals surface area contributed by atoms with E-state index in [2.05, 4.69) is 25.0 Å². The number of hydrogen-bond donors (Lipinski definition) is 2. The fourth-order valence-electron chi connectivity index (χ4n) is 4.78. The Kier molecular flexibility index (Phi) is 7.23. The Morgan fingerprint density at radius 3 is 2.45 bits per heavy atom. The first-order valence-corrected chi connectivity index (χ1v) is 14.8. The lowest BCUT2D eigenvalue weighted by atomic mass is 10.00. The molecule has 44 heavy (non-hydrogen) atoms. The minimum absolute atomic E-state index is 0.0115. The molecule has 9 nitrogen and oxygen atoms in total. The number of carbonyl (C=O) groups excluding carboxylic acids is 3. The summed E-state index contributed by atoms with van der Waals surface area (Å²) in [6, 6.07) is 5.46. The van der Waals surface area contributed by atoms with Crippen LogP contribution in [0, 0.1) is 12.7 Å². The molecular weight excluding hydrogens is 616 g/mol. The summed E-state index contributed by atoms with van der Waals surface area (Å²) in [6.07, 6.45) is 3.59. The molecule has 1 aliphatic heterocycles. The number of halogens is 6. The lowest BCUT2D eigenvalue weighted by molar-refractivity contribution is -0.143. The molecule has 0 bridgehead atoms. The first kappa shape index (κ1) is 30.6. The molecule has 0 unspecified atom stereocenters. The molecule has 1 aliphatic rings. The van der Waals surface area contributed by atoms with Crippen LogP contribution in [-0.2, 0) is 14.3 Å². The third kappa shape index (κ3) is 6.39. The number of hydrogen-bond acceptors (Lipinski definition) is 6. The van der Waals surface area contributed by atoms with Crippen LogP contribution in [0.15, 0.2) is 59.8 Å². The second-order valence-electron chi connectivity index (χ2n) is 9.97. The summed E-state index contributed by atoms with van der Waals surface area (Å²) in [5.74, 6) is -2.02. The summed E-state index contributed by atoms with van der Waals surface area (Å²) >= 11 is 0. The monoisotopic (exact) mass is 639 g/mol. The van der Waals surface area contributed by atoms with Crippen molar-refractivity contribution in [2.45, 2.75) is 18.2 Å². The molecule has 4 aromatic rings. The first-order valence-electron chi connectivity index (χ1n) is 12.9. The van der Waals surface area contributed by atoms with Crippen molar-refractivity contribution in [2.75, 3.05) is 25.0 Å². The van der Waals surface area contributed by atoms with Crippen LogP contribution >= 0.6 is 10.2 Å². The molecule has 0 atom stereocenters. The number of aromatic nitrogens is 3. The predicted octanol–water partition coefficient (Wildman–Crippen LogP) is 6.77. The molecule has 2 aromatic carbocycles. The Hall–Kier alpha value is -4.86. The largest absolute Gasteiger partial charge is 0.458 e. The molecule has 2 N–H and O–H groups in total. The minimum atomic E-state index is -9.92. The highest BCUT2D eigenvalue weighted by Crippen LogP contribution is 3.02. The van der Waals surface area contributed by atoms with Crippen LogP contribution in [0.4, 0.5) is 29.5 Å². The average molecular weight is 640 g/mol. The van der Waals surface area contributed by atoms with E-state index < -0.39 is 26.8 Å². The number of carbonyl (C=O) groups is 3. The SMILES string of the molecule is Cc1c(NC(=O)c2ccc(S(F)(F)(F)(F)F)cc2)cc(F)cc1-c1ncnc2[nH]c(C3=CCN(C(=O)COC=O)CC3)cc12. The van der Waals surface area contributed by atoms with Gasteiger partial charge >= 0.3 is 10.2 Å². The Balaban J connectivity index is 1.42. The number of H-pyrrole nitrogens is 1. The summed E-state index contributed by atoms with van der Waals surface area (Å²) in [4.78, 5) is 46.4. The van der Waals surface area contributed by atoms with E-state index in [0.717, 1.165) is 11.6 Å². The van der Waals surface area contributed by atoms with Crippen LogP contribution in [0.1, 0.15) is 28.0 Å². The van der Waals surface area contributed by atoms with Crippen molar-refractivity contribution in [3.05, 3.63) is 77.5 Å². The Bertz CT molecular complexity index is 1840. The van der Waals surface area contributed by atoms with Crippen LogP contribution in [0.3, 0.4) is 0 Å². The number of nitrogens with zero attached hydrogens (tertiary/aromatic N) is 3. The highest BCUT2D eigenvalue weighted by atomic mass is 32.5. The number of anilines is 1. The van der Waals surface area contributed by atoms with Crippen molar-refractivity contribution in [2.24, 2.45) is 0 Å². The van der Waals surface area contributed by atoms with E-state index in [0.29, 0.717) is 65.2 Å². The van der Waals surface area contributed by atoms with E-state index in [9.17, 15) is 38.2 Å². The molecule has 3 heterocycles. The number of rotatable bonds is 8.